The maximum atomic E-state index is 12.2. The normalized spacial score (nSPS) is 11.5. The highest BCUT2D eigenvalue weighted by Gasteiger charge is 2.15. The molecule has 9 heteroatoms. The van der Waals surface area contributed by atoms with Crippen molar-refractivity contribution >= 4 is 66.2 Å². The van der Waals surface area contributed by atoms with Gasteiger partial charge in [0.2, 0.25) is 5.91 Å². The quantitative estimate of drug-likeness (QED) is 0.331. The summed E-state index contributed by atoms with van der Waals surface area (Å²) >= 11 is 2.92. The molecule has 0 saturated heterocycles. The second-order valence-corrected chi connectivity index (χ2v) is 8.62. The molecule has 144 valence electrons. The monoisotopic (exact) mass is 421 g/mol. The van der Waals surface area contributed by atoms with Crippen molar-refractivity contribution in [2.75, 3.05) is 11.1 Å². The summed E-state index contributed by atoms with van der Waals surface area (Å²) in [6, 6.07) is 10.0. The molecule has 0 aliphatic carbocycles. The smallest absolute Gasteiger partial charge is 0.236 e. The number of nitrogens with one attached hydrogen (secondary N) is 1. The maximum absolute atomic E-state index is 12.2. The van der Waals surface area contributed by atoms with Crippen molar-refractivity contribution in [2.45, 2.75) is 18.9 Å². The van der Waals surface area contributed by atoms with Crippen LogP contribution in [-0.4, -0.2) is 31.8 Å². The SMILES string of the molecule is Cc1ccc2cc3c(nc2c1)sc1c(SCC(=O)Nc2cc(C)on2)ncnc13. The van der Waals surface area contributed by atoms with Crippen molar-refractivity contribution in [2.24, 2.45) is 0 Å². The fraction of sp³-hybridized carbons (Fsp3) is 0.150. The summed E-state index contributed by atoms with van der Waals surface area (Å²) in [6.07, 6.45) is 1.54. The van der Waals surface area contributed by atoms with E-state index in [0.29, 0.717) is 11.6 Å². The molecule has 1 N–H and O–H groups in total. The largest absolute Gasteiger partial charge is 0.360 e. The molecule has 0 unspecified atom stereocenters. The van der Waals surface area contributed by atoms with Crippen LogP contribution in [0, 0.1) is 13.8 Å². The van der Waals surface area contributed by atoms with Crippen molar-refractivity contribution in [1.82, 2.24) is 20.1 Å². The molecule has 4 heterocycles. The number of fused-ring (bicyclic) bond motifs is 4. The van der Waals surface area contributed by atoms with Gasteiger partial charge in [0.15, 0.2) is 5.82 Å². The van der Waals surface area contributed by atoms with Gasteiger partial charge < -0.3 is 9.84 Å². The number of benzene rings is 1. The predicted octanol–water partition coefficient (Wildman–Crippen LogP) is 4.73. The Balaban J connectivity index is 1.46. The molecule has 0 atom stereocenters. The minimum atomic E-state index is -0.171. The van der Waals surface area contributed by atoms with Gasteiger partial charge in [0, 0.05) is 16.8 Å². The molecule has 7 nitrogen and oxygen atoms in total. The van der Waals surface area contributed by atoms with Gasteiger partial charge in [0.25, 0.3) is 0 Å². The van der Waals surface area contributed by atoms with E-state index >= 15 is 0 Å². The van der Waals surface area contributed by atoms with Crippen LogP contribution in [0.5, 0.6) is 0 Å². The zero-order valence-corrected chi connectivity index (χ0v) is 17.2. The highest BCUT2D eigenvalue weighted by atomic mass is 32.2. The van der Waals surface area contributed by atoms with Crippen LogP contribution in [0.4, 0.5) is 5.82 Å². The number of amides is 1. The van der Waals surface area contributed by atoms with Crippen LogP contribution >= 0.6 is 23.1 Å². The van der Waals surface area contributed by atoms with E-state index in [9.17, 15) is 4.79 Å². The number of thioether (sulfide) groups is 1. The fourth-order valence-corrected chi connectivity index (χ4v) is 5.08. The Morgan fingerprint density at radius 3 is 2.93 bits per heavy atom. The van der Waals surface area contributed by atoms with Gasteiger partial charge >= 0.3 is 0 Å². The number of hydrogen-bond acceptors (Lipinski definition) is 8. The molecule has 0 bridgehead atoms. The van der Waals surface area contributed by atoms with Crippen molar-refractivity contribution in [1.29, 1.82) is 0 Å². The maximum Gasteiger partial charge on any atom is 0.236 e. The number of aromatic nitrogens is 4. The summed E-state index contributed by atoms with van der Waals surface area (Å²) in [7, 11) is 0. The summed E-state index contributed by atoms with van der Waals surface area (Å²) in [4.78, 5) is 26.8. The van der Waals surface area contributed by atoms with Crippen LogP contribution in [0.15, 0.2) is 46.2 Å². The van der Waals surface area contributed by atoms with Gasteiger partial charge in [-0.25, -0.2) is 15.0 Å². The molecule has 0 saturated carbocycles. The van der Waals surface area contributed by atoms with Gasteiger partial charge in [-0.3, -0.25) is 4.79 Å². The lowest BCUT2D eigenvalue weighted by molar-refractivity contribution is -0.113. The third kappa shape index (κ3) is 3.43. The summed E-state index contributed by atoms with van der Waals surface area (Å²) in [5, 5.41) is 9.35. The number of carbonyl (C=O) groups is 1. The first-order valence-electron chi connectivity index (χ1n) is 8.87. The van der Waals surface area contributed by atoms with Crippen molar-refractivity contribution < 1.29 is 9.32 Å². The van der Waals surface area contributed by atoms with Gasteiger partial charge in [-0.05, 0) is 31.5 Å². The Bertz CT molecular complexity index is 1390. The van der Waals surface area contributed by atoms with Crippen molar-refractivity contribution in [3.05, 3.63) is 48.0 Å². The van der Waals surface area contributed by atoms with E-state index in [1.807, 2.05) is 0 Å². The summed E-state index contributed by atoms with van der Waals surface area (Å²) in [5.74, 6) is 1.09. The third-order valence-corrected chi connectivity index (χ3v) is 6.61. The molecule has 4 aromatic heterocycles. The number of hydrogen-bond donors (Lipinski definition) is 1. The minimum absolute atomic E-state index is 0.171. The highest BCUT2D eigenvalue weighted by Crippen LogP contribution is 2.37. The summed E-state index contributed by atoms with van der Waals surface area (Å²) < 4.78 is 5.90. The van der Waals surface area contributed by atoms with Crippen LogP contribution in [0.25, 0.3) is 31.3 Å². The second kappa shape index (κ2) is 7.09. The lowest BCUT2D eigenvalue weighted by Crippen LogP contribution is -2.14. The van der Waals surface area contributed by atoms with E-state index in [0.717, 1.165) is 36.4 Å². The second-order valence-electron chi connectivity index (χ2n) is 6.66. The molecule has 0 aliphatic heterocycles. The van der Waals surface area contributed by atoms with Crippen LogP contribution < -0.4 is 5.32 Å². The lowest BCUT2D eigenvalue weighted by Gasteiger charge is -2.02. The van der Waals surface area contributed by atoms with Crippen molar-refractivity contribution in [3.8, 4) is 0 Å². The third-order valence-electron chi connectivity index (χ3n) is 4.40. The number of pyridine rings is 1. The molecule has 1 aromatic carbocycles. The van der Waals surface area contributed by atoms with Crippen molar-refractivity contribution in [3.63, 3.8) is 0 Å². The average molecular weight is 422 g/mol. The number of nitrogens with zero attached hydrogens (tertiary/aromatic N) is 4. The fourth-order valence-electron chi connectivity index (χ4n) is 3.09. The molecule has 5 aromatic rings. The van der Waals surface area contributed by atoms with E-state index in [1.54, 1.807) is 24.3 Å². The van der Waals surface area contributed by atoms with E-state index in [2.05, 4.69) is 51.6 Å². The minimum Gasteiger partial charge on any atom is -0.360 e. The zero-order chi connectivity index (χ0) is 20.0. The molecule has 5 rings (SSSR count). The molecule has 0 radical (unpaired) electrons. The molecular formula is C20H15N5O2S2. The van der Waals surface area contributed by atoms with Crippen LogP contribution in [0.3, 0.4) is 0 Å². The number of rotatable bonds is 4. The number of thiophene rings is 1. The molecule has 0 aliphatic rings. The molecule has 0 fully saturated rings. The average Bonchev–Trinajstić information content (AvgIpc) is 3.27. The topological polar surface area (TPSA) is 93.8 Å². The molecule has 29 heavy (non-hydrogen) atoms. The molecule has 1 amide bonds. The van der Waals surface area contributed by atoms with Gasteiger partial charge in [-0.2, -0.15) is 0 Å². The Hall–Kier alpha value is -3.04. The molecule has 0 spiro atoms. The van der Waals surface area contributed by atoms with Crippen LogP contribution in [-0.2, 0) is 4.79 Å². The summed E-state index contributed by atoms with van der Waals surface area (Å²) in [5.41, 5.74) is 3.01. The zero-order valence-electron chi connectivity index (χ0n) is 15.6. The van der Waals surface area contributed by atoms with Crippen LogP contribution in [0.1, 0.15) is 11.3 Å². The summed E-state index contributed by atoms with van der Waals surface area (Å²) in [6.45, 7) is 3.83. The van der Waals surface area contributed by atoms with Crippen LogP contribution in [0.2, 0.25) is 0 Å². The van der Waals surface area contributed by atoms with Gasteiger partial charge in [0.1, 0.15) is 21.9 Å². The molecular weight excluding hydrogens is 406 g/mol. The Morgan fingerprint density at radius 1 is 1.21 bits per heavy atom. The van der Waals surface area contributed by atoms with E-state index in [4.69, 9.17) is 9.51 Å². The van der Waals surface area contributed by atoms with Gasteiger partial charge in [-0.15, -0.1) is 11.3 Å². The van der Waals surface area contributed by atoms with E-state index in [1.165, 1.54) is 23.7 Å². The first-order valence-corrected chi connectivity index (χ1v) is 10.7. The number of aryl methyl sites for hydroxylation is 2. The Kier molecular flexibility index (Phi) is 4.40. The number of carbonyl (C=O) groups excluding carboxylic acids is 1. The Morgan fingerprint density at radius 2 is 2.10 bits per heavy atom. The highest BCUT2D eigenvalue weighted by molar-refractivity contribution is 8.00. The standard InChI is InChI=1S/C20H15N5O2S2/c1-10-3-4-12-7-13-17-18(29-19(13)23-14(12)5-10)20(22-9-21-17)28-8-16(26)24-15-6-11(2)27-25-15/h3-7,9H,8H2,1-2H3,(H,24,25,26). The predicted molar refractivity (Wildman–Crippen MR) is 116 cm³/mol. The van der Waals surface area contributed by atoms with Gasteiger partial charge in [-0.1, -0.05) is 29.1 Å². The lowest BCUT2D eigenvalue weighted by atomic mass is 10.1. The van der Waals surface area contributed by atoms with E-state index < -0.39 is 0 Å². The Labute approximate surface area is 173 Å². The van der Waals surface area contributed by atoms with E-state index in [-0.39, 0.29) is 11.7 Å². The first-order chi connectivity index (χ1) is 14.1. The van der Waals surface area contributed by atoms with Gasteiger partial charge in [0.05, 0.1) is 21.5 Å². The number of anilines is 1. The first kappa shape index (κ1) is 18.0.